The lowest BCUT2D eigenvalue weighted by molar-refractivity contribution is 0.0950. The molecular weight excluding hydrogens is 340 g/mol. The zero-order chi connectivity index (χ0) is 19.2. The highest BCUT2D eigenvalue weighted by molar-refractivity contribution is 5.94. The van der Waals surface area contributed by atoms with Crippen LogP contribution in [0.5, 0.6) is 5.75 Å². The van der Waals surface area contributed by atoms with Gasteiger partial charge >= 0.3 is 0 Å². The Labute approximate surface area is 158 Å². The van der Waals surface area contributed by atoms with Crippen LogP contribution in [0.2, 0.25) is 0 Å². The summed E-state index contributed by atoms with van der Waals surface area (Å²) >= 11 is 0. The Balaban J connectivity index is 1.66. The summed E-state index contributed by atoms with van der Waals surface area (Å²) < 4.78 is 5.33. The minimum atomic E-state index is -0.362. The van der Waals surface area contributed by atoms with E-state index in [4.69, 9.17) is 4.74 Å². The number of benzene rings is 2. The van der Waals surface area contributed by atoms with E-state index < -0.39 is 0 Å². The lowest BCUT2D eigenvalue weighted by Crippen LogP contribution is -2.18. The van der Waals surface area contributed by atoms with Crippen molar-refractivity contribution in [2.75, 3.05) is 7.11 Å². The Morgan fingerprint density at radius 1 is 1.19 bits per heavy atom. The first-order valence-corrected chi connectivity index (χ1v) is 8.70. The van der Waals surface area contributed by atoms with Crippen molar-refractivity contribution in [3.8, 4) is 17.0 Å². The molecule has 3 aromatic rings. The number of hydrogen-bond acceptors (Lipinski definition) is 4. The highest BCUT2D eigenvalue weighted by atomic mass is 16.5. The highest BCUT2D eigenvalue weighted by Gasteiger charge is 2.13. The van der Waals surface area contributed by atoms with Gasteiger partial charge < -0.3 is 4.74 Å². The number of aromatic amines is 1. The van der Waals surface area contributed by atoms with Crippen LogP contribution in [0, 0.1) is 0 Å². The summed E-state index contributed by atoms with van der Waals surface area (Å²) in [6.07, 6.45) is 1.61. The third-order valence-electron chi connectivity index (χ3n) is 4.19. The van der Waals surface area contributed by atoms with Gasteiger partial charge in [0.1, 0.15) is 11.4 Å². The first kappa shape index (κ1) is 18.4. The average molecular weight is 362 g/mol. The van der Waals surface area contributed by atoms with E-state index in [1.54, 1.807) is 19.4 Å². The number of methoxy groups -OCH3 is 1. The van der Waals surface area contributed by atoms with Crippen molar-refractivity contribution in [3.63, 3.8) is 0 Å². The van der Waals surface area contributed by atoms with Crippen LogP contribution < -0.4 is 10.2 Å². The summed E-state index contributed by atoms with van der Waals surface area (Å²) in [7, 11) is 1.60. The number of nitrogens with zero attached hydrogens (tertiary/aromatic N) is 2. The number of nitrogens with one attached hydrogen (secondary N) is 2. The summed E-state index contributed by atoms with van der Waals surface area (Å²) in [5, 5.41) is 10.9. The fraction of sp³-hybridized carbons (Fsp3) is 0.190. The maximum Gasteiger partial charge on any atom is 0.289 e. The molecule has 0 fully saturated rings. The molecule has 2 N–H and O–H groups in total. The molecule has 1 heterocycles. The average Bonchev–Trinajstić information content (AvgIpc) is 3.18. The second-order valence-electron chi connectivity index (χ2n) is 6.39. The molecular formula is C21H22N4O2. The second kappa shape index (κ2) is 8.31. The Hall–Kier alpha value is -3.41. The van der Waals surface area contributed by atoms with E-state index in [9.17, 15) is 4.79 Å². The van der Waals surface area contributed by atoms with Crippen LogP contribution >= 0.6 is 0 Å². The van der Waals surface area contributed by atoms with Crippen molar-refractivity contribution in [2.45, 2.75) is 19.8 Å². The number of H-pyrrole nitrogens is 1. The molecule has 0 aliphatic rings. The molecule has 0 atom stereocenters. The smallest absolute Gasteiger partial charge is 0.289 e. The molecule has 3 rings (SSSR count). The van der Waals surface area contributed by atoms with Gasteiger partial charge in [-0.1, -0.05) is 50.2 Å². The minimum absolute atomic E-state index is 0.322. The van der Waals surface area contributed by atoms with E-state index in [0.29, 0.717) is 23.1 Å². The van der Waals surface area contributed by atoms with Gasteiger partial charge in [-0.3, -0.25) is 9.89 Å². The maximum absolute atomic E-state index is 12.3. The molecule has 2 aromatic carbocycles. The summed E-state index contributed by atoms with van der Waals surface area (Å²) in [5.41, 5.74) is 6.45. The Morgan fingerprint density at radius 3 is 2.63 bits per heavy atom. The van der Waals surface area contributed by atoms with E-state index in [1.165, 1.54) is 5.56 Å². The van der Waals surface area contributed by atoms with E-state index in [-0.39, 0.29) is 5.91 Å². The van der Waals surface area contributed by atoms with Crippen LogP contribution in [-0.2, 0) is 0 Å². The third-order valence-corrected chi connectivity index (χ3v) is 4.19. The number of hydrogen-bond donors (Lipinski definition) is 2. The molecule has 0 unspecified atom stereocenters. The summed E-state index contributed by atoms with van der Waals surface area (Å²) in [4.78, 5) is 12.3. The predicted molar refractivity (Wildman–Crippen MR) is 106 cm³/mol. The third kappa shape index (κ3) is 4.41. The first-order valence-electron chi connectivity index (χ1n) is 8.70. The largest absolute Gasteiger partial charge is 0.496 e. The number of carbonyl (C=O) groups excluding carboxylic acids is 1. The van der Waals surface area contributed by atoms with Gasteiger partial charge in [-0.05, 0) is 35.2 Å². The van der Waals surface area contributed by atoms with E-state index in [1.807, 2.05) is 36.4 Å². The van der Waals surface area contributed by atoms with Gasteiger partial charge in [0, 0.05) is 5.56 Å². The molecule has 0 aliphatic heterocycles. The van der Waals surface area contributed by atoms with E-state index in [2.05, 4.69) is 46.7 Å². The SMILES string of the molecule is COc1ccccc1-c1cc(C(=O)NN=Cc2ccc(C(C)C)cc2)[nH]n1. The van der Waals surface area contributed by atoms with Crippen LogP contribution in [0.3, 0.4) is 0 Å². The standard InChI is InChI=1S/C21H22N4O2/c1-14(2)16-10-8-15(9-11-16)13-22-25-21(26)19-12-18(23-24-19)17-6-4-5-7-20(17)27-3/h4-14H,1-3H3,(H,23,24)(H,25,26). The van der Waals surface area contributed by atoms with Crippen molar-refractivity contribution in [3.05, 3.63) is 71.4 Å². The fourth-order valence-corrected chi connectivity index (χ4v) is 2.62. The normalized spacial score (nSPS) is 11.1. The minimum Gasteiger partial charge on any atom is -0.496 e. The molecule has 0 saturated heterocycles. The molecule has 6 heteroatoms. The Morgan fingerprint density at radius 2 is 1.93 bits per heavy atom. The molecule has 138 valence electrons. The number of aromatic nitrogens is 2. The summed E-state index contributed by atoms with van der Waals surface area (Å²) in [5.74, 6) is 0.811. The van der Waals surface area contributed by atoms with Gasteiger partial charge in [-0.15, -0.1) is 0 Å². The number of para-hydroxylation sites is 1. The zero-order valence-electron chi connectivity index (χ0n) is 15.6. The quantitative estimate of drug-likeness (QED) is 0.514. The lowest BCUT2D eigenvalue weighted by atomic mass is 10.0. The highest BCUT2D eigenvalue weighted by Crippen LogP contribution is 2.28. The second-order valence-corrected chi connectivity index (χ2v) is 6.39. The number of ether oxygens (including phenoxy) is 1. The predicted octanol–water partition coefficient (Wildman–Crippen LogP) is 3.97. The van der Waals surface area contributed by atoms with Crippen molar-refractivity contribution in [2.24, 2.45) is 5.10 Å². The molecule has 0 spiro atoms. The van der Waals surface area contributed by atoms with Crippen LogP contribution in [0.15, 0.2) is 59.7 Å². The topological polar surface area (TPSA) is 79.4 Å². The van der Waals surface area contributed by atoms with Gasteiger partial charge in [0.25, 0.3) is 5.91 Å². The van der Waals surface area contributed by atoms with Crippen molar-refractivity contribution in [1.82, 2.24) is 15.6 Å². The fourth-order valence-electron chi connectivity index (χ4n) is 2.62. The molecule has 6 nitrogen and oxygen atoms in total. The zero-order valence-corrected chi connectivity index (χ0v) is 15.6. The molecule has 0 bridgehead atoms. The molecule has 0 radical (unpaired) electrons. The van der Waals surface area contributed by atoms with Crippen molar-refractivity contribution >= 4 is 12.1 Å². The Kier molecular flexibility index (Phi) is 5.66. The monoisotopic (exact) mass is 362 g/mol. The van der Waals surface area contributed by atoms with Crippen LogP contribution in [-0.4, -0.2) is 29.4 Å². The number of amides is 1. The van der Waals surface area contributed by atoms with Gasteiger partial charge in [0.05, 0.1) is 19.0 Å². The maximum atomic E-state index is 12.3. The van der Waals surface area contributed by atoms with Gasteiger partial charge in [0.2, 0.25) is 0 Å². The van der Waals surface area contributed by atoms with Crippen LogP contribution in [0.1, 0.15) is 41.4 Å². The number of carbonyl (C=O) groups is 1. The van der Waals surface area contributed by atoms with Crippen molar-refractivity contribution in [1.29, 1.82) is 0 Å². The van der Waals surface area contributed by atoms with E-state index in [0.717, 1.165) is 11.1 Å². The molecule has 1 amide bonds. The summed E-state index contributed by atoms with van der Waals surface area (Å²) in [6.45, 7) is 4.29. The lowest BCUT2D eigenvalue weighted by Gasteiger charge is -2.04. The van der Waals surface area contributed by atoms with Crippen molar-refractivity contribution < 1.29 is 9.53 Å². The number of rotatable bonds is 6. The molecule has 0 saturated carbocycles. The summed E-state index contributed by atoms with van der Waals surface area (Å²) in [6, 6.07) is 17.2. The van der Waals surface area contributed by atoms with Gasteiger partial charge in [-0.25, -0.2) is 5.43 Å². The van der Waals surface area contributed by atoms with E-state index >= 15 is 0 Å². The molecule has 27 heavy (non-hydrogen) atoms. The Bertz CT molecular complexity index is 943. The molecule has 1 aromatic heterocycles. The molecule has 0 aliphatic carbocycles. The van der Waals surface area contributed by atoms with Crippen LogP contribution in [0.25, 0.3) is 11.3 Å². The first-order chi connectivity index (χ1) is 13.1. The number of hydrazone groups is 1. The van der Waals surface area contributed by atoms with Gasteiger partial charge in [-0.2, -0.15) is 10.2 Å². The van der Waals surface area contributed by atoms with Crippen LogP contribution in [0.4, 0.5) is 0 Å². The van der Waals surface area contributed by atoms with Gasteiger partial charge in [0.15, 0.2) is 0 Å².